The lowest BCUT2D eigenvalue weighted by Gasteiger charge is -2.37. The Kier molecular flexibility index (Phi) is 4.84. The van der Waals surface area contributed by atoms with Gasteiger partial charge in [0.1, 0.15) is 5.75 Å². The van der Waals surface area contributed by atoms with Crippen LogP contribution in [-0.2, 0) is 14.3 Å². The third-order valence-electron chi connectivity index (χ3n) is 4.43. The summed E-state index contributed by atoms with van der Waals surface area (Å²) in [5.74, 6) is 0.250. The van der Waals surface area contributed by atoms with Crippen molar-refractivity contribution in [1.82, 2.24) is 4.90 Å². The summed E-state index contributed by atoms with van der Waals surface area (Å²) in [6.45, 7) is 5.31. The molecule has 0 saturated carbocycles. The fourth-order valence-electron chi connectivity index (χ4n) is 3.15. The Labute approximate surface area is 136 Å². The van der Waals surface area contributed by atoms with Crippen LogP contribution in [-0.4, -0.2) is 56.6 Å². The normalized spacial score (nSPS) is 20.6. The number of nitrogens with zero attached hydrogens (tertiary/aromatic N) is 1. The zero-order valence-electron chi connectivity index (χ0n) is 13.8. The average Bonchev–Trinajstić information content (AvgIpc) is 2.98. The molecule has 2 aliphatic rings. The Balaban J connectivity index is 1.53. The number of hydrogen-bond acceptors (Lipinski definition) is 5. The van der Waals surface area contributed by atoms with Crippen molar-refractivity contribution in [2.75, 3.05) is 45.3 Å². The number of nitrogens with one attached hydrogen (secondary N) is 1. The first-order valence-corrected chi connectivity index (χ1v) is 8.05. The van der Waals surface area contributed by atoms with E-state index in [2.05, 4.69) is 10.2 Å². The number of rotatable bonds is 4. The van der Waals surface area contributed by atoms with Crippen molar-refractivity contribution in [2.45, 2.75) is 25.6 Å². The Morgan fingerprint density at radius 1 is 1.30 bits per heavy atom. The highest BCUT2D eigenvalue weighted by Gasteiger charge is 2.39. The molecule has 0 unspecified atom stereocenters. The predicted molar refractivity (Wildman–Crippen MR) is 86.7 cm³/mol. The van der Waals surface area contributed by atoms with Crippen LogP contribution in [0.2, 0.25) is 0 Å². The lowest BCUT2D eigenvalue weighted by molar-refractivity contribution is -0.185. The van der Waals surface area contributed by atoms with Crippen molar-refractivity contribution in [1.29, 1.82) is 0 Å². The van der Waals surface area contributed by atoms with Crippen LogP contribution in [0, 0.1) is 6.92 Å². The maximum atomic E-state index is 12.3. The van der Waals surface area contributed by atoms with Crippen LogP contribution in [0.5, 0.6) is 5.75 Å². The minimum Gasteiger partial charge on any atom is -0.495 e. The van der Waals surface area contributed by atoms with Crippen molar-refractivity contribution in [3.63, 3.8) is 0 Å². The van der Waals surface area contributed by atoms with Gasteiger partial charge in [-0.2, -0.15) is 0 Å². The van der Waals surface area contributed by atoms with Crippen LogP contribution in [0.3, 0.4) is 0 Å². The van der Waals surface area contributed by atoms with E-state index in [-0.39, 0.29) is 5.91 Å². The summed E-state index contributed by atoms with van der Waals surface area (Å²) in [6, 6.07) is 5.74. The molecule has 0 bridgehead atoms. The molecule has 126 valence electrons. The topological polar surface area (TPSA) is 60.0 Å². The molecule has 2 fully saturated rings. The second kappa shape index (κ2) is 6.86. The van der Waals surface area contributed by atoms with Crippen molar-refractivity contribution < 1.29 is 19.0 Å². The van der Waals surface area contributed by atoms with E-state index in [1.807, 2.05) is 25.1 Å². The van der Waals surface area contributed by atoms with Gasteiger partial charge >= 0.3 is 0 Å². The molecule has 1 spiro atoms. The van der Waals surface area contributed by atoms with Gasteiger partial charge in [0.15, 0.2) is 5.79 Å². The summed E-state index contributed by atoms with van der Waals surface area (Å²) >= 11 is 0. The number of methoxy groups -OCH3 is 1. The van der Waals surface area contributed by atoms with Crippen molar-refractivity contribution in [2.24, 2.45) is 0 Å². The molecule has 1 aromatic carbocycles. The van der Waals surface area contributed by atoms with Gasteiger partial charge in [-0.05, 0) is 24.6 Å². The van der Waals surface area contributed by atoms with E-state index in [0.717, 1.165) is 31.5 Å². The number of anilines is 1. The fourth-order valence-corrected chi connectivity index (χ4v) is 3.15. The first kappa shape index (κ1) is 16.2. The Morgan fingerprint density at radius 2 is 2.00 bits per heavy atom. The molecular formula is C17H24N2O4. The van der Waals surface area contributed by atoms with Gasteiger partial charge < -0.3 is 19.5 Å². The Hall–Kier alpha value is -1.63. The van der Waals surface area contributed by atoms with E-state index in [0.29, 0.717) is 31.2 Å². The van der Waals surface area contributed by atoms with Crippen LogP contribution < -0.4 is 10.1 Å². The summed E-state index contributed by atoms with van der Waals surface area (Å²) in [7, 11) is 1.60. The van der Waals surface area contributed by atoms with Crippen LogP contribution in [0.15, 0.2) is 18.2 Å². The van der Waals surface area contributed by atoms with Gasteiger partial charge in [0.05, 0.1) is 32.6 Å². The summed E-state index contributed by atoms with van der Waals surface area (Å²) in [5, 5.41) is 2.94. The zero-order valence-corrected chi connectivity index (χ0v) is 13.8. The number of benzene rings is 1. The largest absolute Gasteiger partial charge is 0.495 e. The molecule has 6 heteroatoms. The zero-order chi connectivity index (χ0) is 16.3. The van der Waals surface area contributed by atoms with Gasteiger partial charge in [-0.25, -0.2) is 0 Å². The maximum Gasteiger partial charge on any atom is 0.238 e. The van der Waals surface area contributed by atoms with Crippen molar-refractivity contribution in [3.05, 3.63) is 23.8 Å². The van der Waals surface area contributed by atoms with Crippen LogP contribution in [0.1, 0.15) is 18.4 Å². The van der Waals surface area contributed by atoms with Gasteiger partial charge in [-0.3, -0.25) is 9.69 Å². The second-order valence-corrected chi connectivity index (χ2v) is 6.14. The van der Waals surface area contributed by atoms with E-state index in [9.17, 15) is 4.79 Å². The molecule has 2 aliphatic heterocycles. The summed E-state index contributed by atoms with van der Waals surface area (Å²) in [6.07, 6.45) is 1.63. The Morgan fingerprint density at radius 3 is 2.65 bits per heavy atom. The number of ether oxygens (including phenoxy) is 3. The Bertz CT molecular complexity index is 560. The standard InChI is InChI=1S/C17H24N2O4/c1-13-3-4-15(21-2)14(11-13)18-16(20)12-19-7-5-17(6-8-19)22-9-10-23-17/h3-4,11H,5-10,12H2,1-2H3,(H,18,20). The number of hydrogen-bond donors (Lipinski definition) is 1. The summed E-state index contributed by atoms with van der Waals surface area (Å²) in [5.41, 5.74) is 1.80. The van der Waals surface area contributed by atoms with Gasteiger partial charge in [0.2, 0.25) is 5.91 Å². The van der Waals surface area contributed by atoms with E-state index in [1.165, 1.54) is 0 Å². The van der Waals surface area contributed by atoms with E-state index >= 15 is 0 Å². The maximum absolute atomic E-state index is 12.3. The summed E-state index contributed by atoms with van der Waals surface area (Å²) in [4.78, 5) is 14.4. The number of carbonyl (C=O) groups excluding carboxylic acids is 1. The van der Waals surface area contributed by atoms with Crippen LogP contribution >= 0.6 is 0 Å². The van der Waals surface area contributed by atoms with Crippen molar-refractivity contribution >= 4 is 11.6 Å². The molecule has 2 heterocycles. The van der Waals surface area contributed by atoms with Gasteiger partial charge in [-0.1, -0.05) is 6.07 Å². The number of piperidine rings is 1. The molecule has 3 rings (SSSR count). The smallest absolute Gasteiger partial charge is 0.238 e. The average molecular weight is 320 g/mol. The molecule has 0 atom stereocenters. The molecule has 0 radical (unpaired) electrons. The molecule has 1 aromatic rings. The minimum atomic E-state index is -0.396. The first-order valence-electron chi connectivity index (χ1n) is 8.05. The molecular weight excluding hydrogens is 296 g/mol. The van der Waals surface area contributed by atoms with E-state index in [1.54, 1.807) is 7.11 Å². The van der Waals surface area contributed by atoms with Gasteiger partial charge in [0.25, 0.3) is 0 Å². The first-order chi connectivity index (χ1) is 11.1. The number of amides is 1. The molecule has 1 N–H and O–H groups in total. The minimum absolute atomic E-state index is 0.0295. The predicted octanol–water partition coefficient (Wildman–Crippen LogP) is 1.78. The van der Waals surface area contributed by atoms with E-state index < -0.39 is 5.79 Å². The van der Waals surface area contributed by atoms with Crippen LogP contribution in [0.25, 0.3) is 0 Å². The number of likely N-dealkylation sites (tertiary alicyclic amines) is 1. The highest BCUT2D eigenvalue weighted by atomic mass is 16.7. The van der Waals surface area contributed by atoms with Crippen molar-refractivity contribution in [3.8, 4) is 5.75 Å². The third-order valence-corrected chi connectivity index (χ3v) is 4.43. The van der Waals surface area contributed by atoms with Gasteiger partial charge in [0, 0.05) is 25.9 Å². The number of aryl methyl sites for hydroxylation is 1. The lowest BCUT2D eigenvalue weighted by Crippen LogP contribution is -2.47. The SMILES string of the molecule is COc1ccc(C)cc1NC(=O)CN1CCC2(CC1)OCCO2. The molecule has 1 amide bonds. The quantitative estimate of drug-likeness (QED) is 0.916. The fraction of sp³-hybridized carbons (Fsp3) is 0.588. The van der Waals surface area contributed by atoms with Gasteiger partial charge in [-0.15, -0.1) is 0 Å². The van der Waals surface area contributed by atoms with E-state index in [4.69, 9.17) is 14.2 Å². The summed E-state index contributed by atoms with van der Waals surface area (Å²) < 4.78 is 16.7. The highest BCUT2D eigenvalue weighted by Crippen LogP contribution is 2.31. The lowest BCUT2D eigenvalue weighted by atomic mass is 10.0. The molecule has 0 aliphatic carbocycles. The highest BCUT2D eigenvalue weighted by molar-refractivity contribution is 5.93. The monoisotopic (exact) mass is 320 g/mol. The molecule has 6 nitrogen and oxygen atoms in total. The molecule has 23 heavy (non-hydrogen) atoms. The number of carbonyl (C=O) groups is 1. The van der Waals surface area contributed by atoms with Crippen LogP contribution in [0.4, 0.5) is 5.69 Å². The molecule has 0 aromatic heterocycles. The third kappa shape index (κ3) is 3.83. The molecule has 2 saturated heterocycles. The second-order valence-electron chi connectivity index (χ2n) is 6.14.